The Morgan fingerprint density at radius 2 is 1.79 bits per heavy atom. The maximum Gasteiger partial charge on any atom is 0.492 e. The van der Waals surface area contributed by atoms with Crippen molar-refractivity contribution in [2.45, 2.75) is 45.8 Å². The first-order valence-corrected chi connectivity index (χ1v) is 8.10. The van der Waals surface area contributed by atoms with Crippen LogP contribution in [0.2, 0.25) is 0 Å². The molecule has 24 heavy (non-hydrogen) atoms. The Labute approximate surface area is 144 Å². The first-order valence-electron chi connectivity index (χ1n) is 8.10. The minimum Gasteiger partial charge on any atom is -0.496 e. The van der Waals surface area contributed by atoms with E-state index in [4.69, 9.17) is 14.0 Å². The van der Waals surface area contributed by atoms with Crippen LogP contribution in [-0.2, 0) is 14.1 Å². The van der Waals surface area contributed by atoms with Crippen molar-refractivity contribution in [3.8, 4) is 5.75 Å². The largest absolute Gasteiger partial charge is 0.496 e. The van der Waals surface area contributed by atoms with Gasteiger partial charge in [-0.2, -0.15) is 0 Å². The van der Waals surface area contributed by atoms with E-state index in [2.05, 4.69) is 5.32 Å². The van der Waals surface area contributed by atoms with Gasteiger partial charge in [0, 0.05) is 19.0 Å². The van der Waals surface area contributed by atoms with Gasteiger partial charge in [-0.05, 0) is 39.2 Å². The number of benzene rings is 1. The third-order valence-corrected chi connectivity index (χ3v) is 4.58. The van der Waals surface area contributed by atoms with Crippen LogP contribution in [0.1, 0.15) is 40.2 Å². The molecule has 2 rings (SSSR count). The number of nitrogens with one attached hydrogen (secondary N) is 1. The van der Waals surface area contributed by atoms with Crippen LogP contribution in [0.3, 0.4) is 0 Å². The first kappa shape index (κ1) is 18.6. The van der Waals surface area contributed by atoms with E-state index >= 15 is 0 Å². The molecule has 0 atom stereocenters. The lowest BCUT2D eigenvalue weighted by atomic mass is 9.77. The Balaban J connectivity index is 2.35. The second kappa shape index (κ2) is 6.99. The number of methoxy groups -OCH3 is 1. The molecule has 0 spiro atoms. The quantitative estimate of drug-likeness (QED) is 0.843. The first-order chi connectivity index (χ1) is 11.2. The van der Waals surface area contributed by atoms with E-state index in [-0.39, 0.29) is 5.91 Å². The summed E-state index contributed by atoms with van der Waals surface area (Å²) in [4.78, 5) is 11.3. The van der Waals surface area contributed by atoms with E-state index in [1.807, 2.05) is 58.0 Å². The fourth-order valence-corrected chi connectivity index (χ4v) is 2.41. The van der Waals surface area contributed by atoms with Crippen molar-refractivity contribution >= 4 is 19.1 Å². The van der Waals surface area contributed by atoms with Gasteiger partial charge in [-0.1, -0.05) is 24.3 Å². The number of para-hydroxylation sites is 1. The van der Waals surface area contributed by atoms with Crippen LogP contribution in [0.5, 0.6) is 5.75 Å². The molecule has 1 saturated heterocycles. The molecule has 1 aliphatic heterocycles. The monoisotopic (exact) mass is 331 g/mol. The predicted molar refractivity (Wildman–Crippen MR) is 95.7 cm³/mol. The van der Waals surface area contributed by atoms with Crippen LogP contribution < -0.4 is 10.1 Å². The molecule has 1 amide bonds. The van der Waals surface area contributed by atoms with Gasteiger partial charge in [-0.15, -0.1) is 0 Å². The number of hydrogen-bond acceptors (Lipinski definition) is 4. The number of ether oxygens (including phenoxy) is 1. The Hall–Kier alpha value is -1.79. The minimum atomic E-state index is -0.522. The Kier molecular flexibility index (Phi) is 5.40. The zero-order valence-electron chi connectivity index (χ0n) is 15.3. The zero-order valence-corrected chi connectivity index (χ0v) is 15.3. The molecule has 6 heteroatoms. The van der Waals surface area contributed by atoms with Gasteiger partial charge in [0.05, 0.1) is 18.3 Å². The molecule has 0 radical (unpaired) electrons. The van der Waals surface area contributed by atoms with Crippen LogP contribution in [0.15, 0.2) is 29.7 Å². The van der Waals surface area contributed by atoms with Gasteiger partial charge in [0.2, 0.25) is 5.91 Å². The summed E-state index contributed by atoms with van der Waals surface area (Å²) in [5.41, 5.74) is 0.880. The van der Waals surface area contributed by atoms with Crippen molar-refractivity contribution in [1.82, 2.24) is 5.32 Å². The molecule has 0 aromatic heterocycles. The predicted octanol–water partition coefficient (Wildman–Crippen LogP) is 2.85. The lowest BCUT2D eigenvalue weighted by Crippen LogP contribution is -2.41. The van der Waals surface area contributed by atoms with Crippen LogP contribution >= 0.6 is 0 Å². The highest BCUT2D eigenvalue weighted by Crippen LogP contribution is 2.39. The van der Waals surface area contributed by atoms with Crippen LogP contribution in [0, 0.1) is 0 Å². The maximum absolute atomic E-state index is 11.3. The summed E-state index contributed by atoms with van der Waals surface area (Å²) < 4.78 is 17.6. The summed E-state index contributed by atoms with van der Waals surface area (Å²) in [6, 6.07) is 7.71. The molecular weight excluding hydrogens is 305 g/mol. The molecule has 1 aromatic carbocycles. The molecule has 1 fully saturated rings. The molecule has 1 heterocycles. The molecule has 0 saturated carbocycles. The highest BCUT2D eigenvalue weighted by atomic mass is 16.7. The van der Waals surface area contributed by atoms with Gasteiger partial charge in [-0.3, -0.25) is 4.79 Å². The van der Waals surface area contributed by atoms with Gasteiger partial charge in [0.25, 0.3) is 0 Å². The lowest BCUT2D eigenvalue weighted by Gasteiger charge is -2.32. The molecule has 0 unspecified atom stereocenters. The Bertz CT molecular complexity index is 624. The van der Waals surface area contributed by atoms with Crippen molar-refractivity contribution in [3.05, 3.63) is 35.3 Å². The second-order valence-corrected chi connectivity index (χ2v) is 6.96. The fourth-order valence-electron chi connectivity index (χ4n) is 2.41. The summed E-state index contributed by atoms with van der Waals surface area (Å²) in [5, 5.41) is 2.83. The van der Waals surface area contributed by atoms with Crippen molar-refractivity contribution in [3.63, 3.8) is 0 Å². The molecule has 1 N–H and O–H groups in total. The fraction of sp³-hybridized carbons (Fsp3) is 0.500. The van der Waals surface area contributed by atoms with E-state index in [1.165, 1.54) is 6.92 Å². The van der Waals surface area contributed by atoms with Crippen molar-refractivity contribution < 1.29 is 18.8 Å². The van der Waals surface area contributed by atoms with Crippen LogP contribution in [0.25, 0.3) is 6.08 Å². The van der Waals surface area contributed by atoms with E-state index in [9.17, 15) is 4.79 Å². The number of rotatable bonds is 5. The summed E-state index contributed by atoms with van der Waals surface area (Å²) in [6.07, 6.45) is 1.96. The molecule has 0 aliphatic carbocycles. The number of carbonyl (C=O) groups excluding carboxylic acids is 1. The van der Waals surface area contributed by atoms with Crippen LogP contribution in [0.4, 0.5) is 0 Å². The molecule has 0 bridgehead atoms. The third kappa shape index (κ3) is 4.00. The smallest absolute Gasteiger partial charge is 0.492 e. The second-order valence-electron chi connectivity index (χ2n) is 6.96. The summed E-state index contributed by atoms with van der Waals surface area (Å²) in [5.74, 6) is 0.659. The molecule has 5 nitrogen and oxygen atoms in total. The van der Waals surface area contributed by atoms with E-state index < -0.39 is 18.3 Å². The number of amides is 1. The van der Waals surface area contributed by atoms with Crippen molar-refractivity contribution in [1.29, 1.82) is 0 Å². The topological polar surface area (TPSA) is 56.8 Å². The normalized spacial score (nSPS) is 19.2. The molecule has 130 valence electrons. The summed E-state index contributed by atoms with van der Waals surface area (Å²) in [6.45, 7) is 9.87. The zero-order chi connectivity index (χ0) is 18.0. The van der Waals surface area contributed by atoms with Gasteiger partial charge < -0.3 is 19.4 Å². The minimum absolute atomic E-state index is 0.0996. The molecule has 1 aliphatic rings. The average molecular weight is 331 g/mol. The highest BCUT2D eigenvalue weighted by molar-refractivity contribution is 6.56. The average Bonchev–Trinajstić information content (AvgIpc) is 2.71. The third-order valence-electron chi connectivity index (χ3n) is 4.58. The maximum atomic E-state index is 11.3. The van der Waals surface area contributed by atoms with Crippen molar-refractivity contribution in [2.75, 3.05) is 13.7 Å². The Morgan fingerprint density at radius 1 is 1.21 bits per heavy atom. The standard InChI is InChI=1S/C18H26BNO4/c1-13(21)20-12-15(11-14-9-7-8-10-16(14)22-6)19-23-17(2,3)18(4,5)24-19/h7-11H,12H2,1-6H3,(H,20,21). The summed E-state index contributed by atoms with van der Waals surface area (Å²) >= 11 is 0. The number of hydrogen-bond donors (Lipinski definition) is 1. The lowest BCUT2D eigenvalue weighted by molar-refractivity contribution is -0.118. The molecule has 1 aromatic rings. The van der Waals surface area contributed by atoms with Gasteiger partial charge in [0.15, 0.2) is 0 Å². The van der Waals surface area contributed by atoms with Gasteiger partial charge >= 0.3 is 7.12 Å². The number of carbonyl (C=O) groups is 1. The SMILES string of the molecule is COc1ccccc1C=C(CNC(C)=O)B1OC(C)(C)C(C)(C)O1. The van der Waals surface area contributed by atoms with Gasteiger partial charge in [-0.25, -0.2) is 0 Å². The van der Waals surface area contributed by atoms with E-state index in [0.29, 0.717) is 6.54 Å². The highest BCUT2D eigenvalue weighted by Gasteiger charge is 2.52. The van der Waals surface area contributed by atoms with Crippen LogP contribution in [-0.4, -0.2) is 37.9 Å². The van der Waals surface area contributed by atoms with Gasteiger partial charge in [0.1, 0.15) is 5.75 Å². The van der Waals surface area contributed by atoms with Crippen molar-refractivity contribution in [2.24, 2.45) is 0 Å². The van der Waals surface area contributed by atoms with E-state index in [1.54, 1.807) is 7.11 Å². The van der Waals surface area contributed by atoms with E-state index in [0.717, 1.165) is 16.8 Å². The Morgan fingerprint density at radius 3 is 2.33 bits per heavy atom. The molecular formula is C18H26BNO4. The summed E-state index contributed by atoms with van der Waals surface area (Å²) in [7, 11) is 1.11.